The molecule has 2 rings (SSSR count). The van der Waals surface area contributed by atoms with Gasteiger partial charge in [0.15, 0.2) is 5.69 Å². The molecular formula is C16H26N4O. The van der Waals surface area contributed by atoms with Gasteiger partial charge in [-0.2, -0.15) is 0 Å². The minimum Gasteiger partial charge on any atom is -0.385 e. The molecule has 0 saturated carbocycles. The molecule has 0 radical (unpaired) electrons. The third-order valence-electron chi connectivity index (χ3n) is 4.22. The summed E-state index contributed by atoms with van der Waals surface area (Å²) in [6.07, 6.45) is 5.03. The standard InChI is InChI=1S/C16H26N4O/c1-10(2)15-18-9-13(17-5)14(19-15)16(21)20-11(3)7-6-8-12(20)4/h9-12,17H,6-8H2,1-5H3/t11-,12+. The van der Waals surface area contributed by atoms with E-state index in [4.69, 9.17) is 0 Å². The van der Waals surface area contributed by atoms with Crippen LogP contribution >= 0.6 is 0 Å². The summed E-state index contributed by atoms with van der Waals surface area (Å²) in [4.78, 5) is 23.8. The second kappa shape index (κ2) is 6.41. The molecule has 1 aromatic heterocycles. The molecule has 1 N–H and O–H groups in total. The minimum absolute atomic E-state index is 0.0170. The number of hydrogen-bond acceptors (Lipinski definition) is 4. The van der Waals surface area contributed by atoms with E-state index in [0.717, 1.165) is 18.7 Å². The first-order chi connectivity index (χ1) is 9.95. The van der Waals surface area contributed by atoms with Crippen molar-refractivity contribution < 1.29 is 4.79 Å². The monoisotopic (exact) mass is 290 g/mol. The van der Waals surface area contributed by atoms with Gasteiger partial charge in [-0.15, -0.1) is 0 Å². The lowest BCUT2D eigenvalue weighted by Gasteiger charge is -2.39. The maximum Gasteiger partial charge on any atom is 0.275 e. The van der Waals surface area contributed by atoms with Crippen LogP contribution in [0.5, 0.6) is 0 Å². The van der Waals surface area contributed by atoms with Gasteiger partial charge in [-0.1, -0.05) is 13.8 Å². The number of amides is 1. The fourth-order valence-electron chi connectivity index (χ4n) is 2.96. The Kier molecular flexibility index (Phi) is 4.80. The van der Waals surface area contributed by atoms with E-state index >= 15 is 0 Å². The number of rotatable bonds is 3. The minimum atomic E-state index is 0.0170. The molecule has 5 nitrogen and oxygen atoms in total. The Balaban J connectivity index is 2.38. The summed E-state index contributed by atoms with van der Waals surface area (Å²) in [6, 6.07) is 0.534. The van der Waals surface area contributed by atoms with Crippen LogP contribution in [0, 0.1) is 0 Å². The van der Waals surface area contributed by atoms with Crippen LogP contribution in [0.15, 0.2) is 6.20 Å². The van der Waals surface area contributed by atoms with Gasteiger partial charge in [-0.05, 0) is 33.1 Å². The maximum atomic E-state index is 13.0. The van der Waals surface area contributed by atoms with Gasteiger partial charge >= 0.3 is 0 Å². The third kappa shape index (κ3) is 3.17. The highest BCUT2D eigenvalue weighted by atomic mass is 16.2. The van der Waals surface area contributed by atoms with E-state index in [9.17, 15) is 4.79 Å². The number of hydrogen-bond donors (Lipinski definition) is 1. The summed E-state index contributed by atoms with van der Waals surface area (Å²) in [6.45, 7) is 8.32. The van der Waals surface area contributed by atoms with Crippen molar-refractivity contribution in [3.8, 4) is 0 Å². The number of anilines is 1. The molecule has 0 aromatic carbocycles. The van der Waals surface area contributed by atoms with Crippen molar-refractivity contribution in [3.63, 3.8) is 0 Å². The van der Waals surface area contributed by atoms with Gasteiger partial charge in [0.2, 0.25) is 0 Å². The number of nitrogens with one attached hydrogen (secondary N) is 1. The molecule has 0 bridgehead atoms. The summed E-state index contributed by atoms with van der Waals surface area (Å²) >= 11 is 0. The first kappa shape index (κ1) is 15.7. The van der Waals surface area contributed by atoms with Crippen LogP contribution in [0.4, 0.5) is 5.69 Å². The maximum absolute atomic E-state index is 13.0. The van der Waals surface area contributed by atoms with Gasteiger partial charge < -0.3 is 10.2 Å². The SMILES string of the molecule is CNc1cnc(C(C)C)nc1C(=O)N1[C@H](C)CCC[C@@H]1C. The lowest BCUT2D eigenvalue weighted by atomic mass is 9.97. The predicted molar refractivity (Wildman–Crippen MR) is 84.6 cm³/mol. The lowest BCUT2D eigenvalue weighted by molar-refractivity contribution is 0.0505. The highest BCUT2D eigenvalue weighted by Gasteiger charge is 2.31. The van der Waals surface area contributed by atoms with E-state index in [1.807, 2.05) is 18.7 Å². The van der Waals surface area contributed by atoms with Gasteiger partial charge in [-0.3, -0.25) is 4.79 Å². The van der Waals surface area contributed by atoms with Crippen molar-refractivity contribution in [2.24, 2.45) is 0 Å². The molecule has 1 aromatic rings. The van der Waals surface area contributed by atoms with Crippen LogP contribution in [0.1, 0.15) is 69.2 Å². The smallest absolute Gasteiger partial charge is 0.275 e. The van der Waals surface area contributed by atoms with Gasteiger partial charge in [0.05, 0.1) is 11.9 Å². The Morgan fingerprint density at radius 3 is 2.48 bits per heavy atom. The fraction of sp³-hybridized carbons (Fsp3) is 0.688. The van der Waals surface area contributed by atoms with Crippen molar-refractivity contribution in [1.82, 2.24) is 14.9 Å². The highest BCUT2D eigenvalue weighted by molar-refractivity contribution is 5.97. The number of piperidine rings is 1. The van der Waals surface area contributed by atoms with Crippen molar-refractivity contribution in [3.05, 3.63) is 17.7 Å². The van der Waals surface area contributed by atoms with Gasteiger partial charge in [-0.25, -0.2) is 9.97 Å². The zero-order valence-corrected chi connectivity index (χ0v) is 13.7. The molecule has 0 aliphatic carbocycles. The number of carbonyl (C=O) groups excluding carboxylic acids is 1. The molecule has 116 valence electrons. The molecule has 1 fully saturated rings. The Morgan fingerprint density at radius 1 is 1.33 bits per heavy atom. The fourth-order valence-corrected chi connectivity index (χ4v) is 2.96. The molecule has 1 aliphatic rings. The van der Waals surface area contributed by atoms with E-state index in [1.54, 1.807) is 13.2 Å². The van der Waals surface area contributed by atoms with E-state index in [1.165, 1.54) is 6.42 Å². The molecule has 21 heavy (non-hydrogen) atoms. The molecule has 1 amide bonds. The molecule has 2 atom stereocenters. The summed E-state index contributed by atoms with van der Waals surface area (Å²) in [5, 5.41) is 3.04. The van der Waals surface area contributed by atoms with E-state index in [2.05, 4.69) is 29.1 Å². The second-order valence-electron chi connectivity index (χ2n) is 6.24. The van der Waals surface area contributed by atoms with Crippen molar-refractivity contribution in [2.45, 2.75) is 65.0 Å². The van der Waals surface area contributed by atoms with Crippen LogP contribution < -0.4 is 5.32 Å². The molecule has 1 saturated heterocycles. The normalized spacial score (nSPS) is 22.5. The topological polar surface area (TPSA) is 58.1 Å². The number of carbonyl (C=O) groups is 1. The highest BCUT2D eigenvalue weighted by Crippen LogP contribution is 2.26. The molecule has 2 heterocycles. The van der Waals surface area contributed by atoms with Gasteiger partial charge in [0, 0.05) is 25.0 Å². The molecule has 0 spiro atoms. The predicted octanol–water partition coefficient (Wildman–Crippen LogP) is 3.04. The summed E-state index contributed by atoms with van der Waals surface area (Å²) in [5.74, 6) is 0.941. The third-order valence-corrected chi connectivity index (χ3v) is 4.22. The van der Waals surface area contributed by atoms with E-state index in [-0.39, 0.29) is 23.9 Å². The number of aromatic nitrogens is 2. The van der Waals surface area contributed by atoms with Gasteiger partial charge in [0.25, 0.3) is 5.91 Å². The second-order valence-corrected chi connectivity index (χ2v) is 6.24. The van der Waals surface area contributed by atoms with Crippen LogP contribution in [-0.4, -0.2) is 39.9 Å². The van der Waals surface area contributed by atoms with Crippen molar-refractivity contribution in [2.75, 3.05) is 12.4 Å². The Bertz CT molecular complexity index is 505. The Hall–Kier alpha value is -1.65. The zero-order valence-electron chi connectivity index (χ0n) is 13.7. The lowest BCUT2D eigenvalue weighted by Crippen LogP contribution is -2.48. The first-order valence-electron chi connectivity index (χ1n) is 7.83. The van der Waals surface area contributed by atoms with Crippen molar-refractivity contribution in [1.29, 1.82) is 0 Å². The first-order valence-corrected chi connectivity index (χ1v) is 7.83. The van der Waals surface area contributed by atoms with Gasteiger partial charge in [0.1, 0.15) is 5.82 Å². The Labute approximate surface area is 127 Å². The average molecular weight is 290 g/mol. The number of likely N-dealkylation sites (tertiary alicyclic amines) is 1. The zero-order chi connectivity index (χ0) is 15.6. The van der Waals surface area contributed by atoms with Crippen molar-refractivity contribution >= 4 is 11.6 Å². The van der Waals surface area contributed by atoms with Crippen LogP contribution in [0.3, 0.4) is 0 Å². The summed E-state index contributed by atoms with van der Waals surface area (Å²) < 4.78 is 0. The summed E-state index contributed by atoms with van der Waals surface area (Å²) in [5.41, 5.74) is 1.20. The molecule has 1 aliphatic heterocycles. The summed E-state index contributed by atoms with van der Waals surface area (Å²) in [7, 11) is 1.80. The largest absolute Gasteiger partial charge is 0.385 e. The molecule has 5 heteroatoms. The van der Waals surface area contributed by atoms with E-state index in [0.29, 0.717) is 11.4 Å². The van der Waals surface area contributed by atoms with Crippen LogP contribution in [-0.2, 0) is 0 Å². The van der Waals surface area contributed by atoms with Crippen LogP contribution in [0.25, 0.3) is 0 Å². The number of nitrogens with zero attached hydrogens (tertiary/aromatic N) is 3. The Morgan fingerprint density at radius 2 is 1.95 bits per heavy atom. The van der Waals surface area contributed by atoms with E-state index < -0.39 is 0 Å². The average Bonchev–Trinajstić information content (AvgIpc) is 2.46. The quantitative estimate of drug-likeness (QED) is 0.929. The van der Waals surface area contributed by atoms with Crippen LogP contribution in [0.2, 0.25) is 0 Å². The molecular weight excluding hydrogens is 264 g/mol. The molecule has 0 unspecified atom stereocenters.